The van der Waals surface area contributed by atoms with Crippen molar-refractivity contribution in [2.24, 2.45) is 13.0 Å². The number of sulfone groups is 1. The van der Waals surface area contributed by atoms with E-state index >= 15 is 0 Å². The molecule has 1 atom stereocenters. The van der Waals surface area contributed by atoms with Crippen molar-refractivity contribution in [3.8, 4) is 0 Å². The van der Waals surface area contributed by atoms with Crippen LogP contribution in [0.3, 0.4) is 0 Å². The molecular formula is C14H17N3O4S. The second-order valence-corrected chi connectivity index (χ2v) is 7.75. The lowest BCUT2D eigenvalue weighted by molar-refractivity contribution is -0.132. The first kappa shape index (κ1) is 15.0. The molecule has 0 N–H and O–H groups in total. The van der Waals surface area contributed by atoms with Crippen LogP contribution in [-0.4, -0.2) is 34.5 Å². The van der Waals surface area contributed by atoms with Crippen molar-refractivity contribution in [1.82, 2.24) is 14.5 Å². The van der Waals surface area contributed by atoms with E-state index in [4.69, 9.17) is 0 Å². The Morgan fingerprint density at radius 2 is 2.14 bits per heavy atom. The number of aryl methyl sites for hydroxylation is 1. The van der Waals surface area contributed by atoms with Crippen LogP contribution in [0.1, 0.15) is 23.5 Å². The molecule has 0 radical (unpaired) electrons. The van der Waals surface area contributed by atoms with Crippen molar-refractivity contribution in [3.05, 3.63) is 38.9 Å². The lowest BCUT2D eigenvalue weighted by Crippen LogP contribution is -2.29. The zero-order chi connectivity index (χ0) is 16.1. The van der Waals surface area contributed by atoms with E-state index in [1.165, 1.54) is 9.98 Å². The number of hydrogen-bond donors (Lipinski definition) is 0. The first-order valence-corrected chi connectivity index (χ1v) is 8.72. The van der Waals surface area contributed by atoms with Gasteiger partial charge >= 0.3 is 0 Å². The van der Waals surface area contributed by atoms with Gasteiger partial charge in [-0.05, 0) is 6.92 Å². The predicted molar refractivity (Wildman–Crippen MR) is 79.5 cm³/mol. The van der Waals surface area contributed by atoms with Gasteiger partial charge in [0.15, 0.2) is 9.84 Å². The Bertz CT molecular complexity index is 838. The number of carbonyl (C=O) groups excluding carboxylic acids is 1. The molecule has 2 aliphatic rings. The van der Waals surface area contributed by atoms with E-state index in [2.05, 4.69) is 4.98 Å². The first-order valence-electron chi connectivity index (χ1n) is 7.01. The number of hydrogen-bond acceptors (Lipinski definition) is 5. The van der Waals surface area contributed by atoms with Gasteiger partial charge in [-0.1, -0.05) is 6.08 Å². The second-order valence-electron chi connectivity index (χ2n) is 5.82. The summed E-state index contributed by atoms with van der Waals surface area (Å²) in [4.78, 5) is 30.4. The Hall–Kier alpha value is -1.96. The summed E-state index contributed by atoms with van der Waals surface area (Å²) in [5, 5.41) is 1.17. The Kier molecular flexibility index (Phi) is 3.43. The monoisotopic (exact) mass is 323 g/mol. The van der Waals surface area contributed by atoms with Gasteiger partial charge in [-0.2, -0.15) is 0 Å². The lowest BCUT2D eigenvalue weighted by Gasteiger charge is -2.16. The highest BCUT2D eigenvalue weighted by atomic mass is 32.2. The fourth-order valence-electron chi connectivity index (χ4n) is 2.82. The van der Waals surface area contributed by atoms with Gasteiger partial charge in [0.05, 0.1) is 30.1 Å². The molecule has 3 rings (SSSR count). The molecule has 0 bridgehead atoms. The Labute approximate surface area is 128 Å². The Morgan fingerprint density at radius 3 is 2.77 bits per heavy atom. The van der Waals surface area contributed by atoms with Crippen LogP contribution < -0.4 is 5.56 Å². The highest BCUT2D eigenvalue weighted by Crippen LogP contribution is 2.23. The van der Waals surface area contributed by atoms with Crippen LogP contribution >= 0.6 is 0 Å². The molecule has 0 unspecified atom stereocenters. The van der Waals surface area contributed by atoms with E-state index in [1.54, 1.807) is 24.9 Å². The van der Waals surface area contributed by atoms with Crippen molar-refractivity contribution in [2.75, 3.05) is 5.75 Å². The van der Waals surface area contributed by atoms with Crippen LogP contribution in [0.2, 0.25) is 0 Å². The normalized spacial score (nSPS) is 22.1. The summed E-state index contributed by atoms with van der Waals surface area (Å²) in [5.41, 5.74) is 1.07. The van der Waals surface area contributed by atoms with E-state index in [9.17, 15) is 18.0 Å². The van der Waals surface area contributed by atoms with Crippen LogP contribution in [0, 0.1) is 12.8 Å². The lowest BCUT2D eigenvalue weighted by atomic mass is 10.1. The van der Waals surface area contributed by atoms with Crippen molar-refractivity contribution >= 4 is 15.7 Å². The SMILES string of the molecule is Cc1nc2c(c(=O)n1C)CN(C(=O)C[C@@H]1C=CS(=O)(=O)C1)C2. The van der Waals surface area contributed by atoms with Gasteiger partial charge in [-0.3, -0.25) is 14.2 Å². The molecule has 8 heteroatoms. The minimum atomic E-state index is -3.15. The van der Waals surface area contributed by atoms with Crippen LogP contribution in [0.25, 0.3) is 0 Å². The molecule has 1 aromatic heterocycles. The quantitative estimate of drug-likeness (QED) is 0.757. The molecule has 1 amide bonds. The number of allylic oxidation sites excluding steroid dienone is 1. The van der Waals surface area contributed by atoms with Gasteiger partial charge in [0.1, 0.15) is 5.82 Å². The summed E-state index contributed by atoms with van der Waals surface area (Å²) in [7, 11) is -1.50. The number of amides is 1. The van der Waals surface area contributed by atoms with E-state index in [-0.39, 0.29) is 36.1 Å². The summed E-state index contributed by atoms with van der Waals surface area (Å²) in [6.45, 7) is 2.31. The van der Waals surface area contributed by atoms with Gasteiger partial charge in [0.2, 0.25) is 5.91 Å². The van der Waals surface area contributed by atoms with Gasteiger partial charge in [-0.25, -0.2) is 13.4 Å². The van der Waals surface area contributed by atoms with Gasteiger partial charge < -0.3 is 4.90 Å². The third-order valence-corrected chi connectivity index (χ3v) is 5.64. The maximum absolute atomic E-state index is 12.3. The smallest absolute Gasteiger partial charge is 0.258 e. The topological polar surface area (TPSA) is 89.3 Å². The van der Waals surface area contributed by atoms with Gasteiger partial charge in [0.25, 0.3) is 5.56 Å². The highest BCUT2D eigenvalue weighted by molar-refractivity contribution is 7.94. The van der Waals surface area contributed by atoms with Crippen LogP contribution in [-0.2, 0) is 34.8 Å². The molecule has 0 spiro atoms. The van der Waals surface area contributed by atoms with Gasteiger partial charge in [-0.15, -0.1) is 0 Å². The minimum absolute atomic E-state index is 0.0152. The summed E-state index contributed by atoms with van der Waals surface area (Å²) in [6.07, 6.45) is 1.71. The minimum Gasteiger partial charge on any atom is -0.332 e. The number of fused-ring (bicyclic) bond motifs is 1. The molecule has 0 saturated carbocycles. The van der Waals surface area contributed by atoms with E-state index in [0.29, 0.717) is 23.6 Å². The molecule has 7 nitrogen and oxygen atoms in total. The third kappa shape index (κ3) is 2.58. The van der Waals surface area contributed by atoms with E-state index < -0.39 is 9.84 Å². The average molecular weight is 323 g/mol. The van der Waals surface area contributed by atoms with Gasteiger partial charge in [0, 0.05) is 24.8 Å². The number of aromatic nitrogens is 2. The van der Waals surface area contributed by atoms with Crippen molar-refractivity contribution in [3.63, 3.8) is 0 Å². The summed E-state index contributed by atoms with van der Waals surface area (Å²) in [6, 6.07) is 0. The number of nitrogens with zero attached hydrogens (tertiary/aromatic N) is 3. The van der Waals surface area contributed by atoms with Crippen molar-refractivity contribution < 1.29 is 13.2 Å². The Balaban J connectivity index is 1.74. The molecule has 118 valence electrons. The second kappa shape index (κ2) is 5.05. The highest BCUT2D eigenvalue weighted by Gasteiger charge is 2.31. The van der Waals surface area contributed by atoms with Crippen molar-refractivity contribution in [1.29, 1.82) is 0 Å². The summed E-state index contributed by atoms with van der Waals surface area (Å²) >= 11 is 0. The molecule has 2 aliphatic heterocycles. The maximum atomic E-state index is 12.3. The van der Waals surface area contributed by atoms with Crippen LogP contribution in [0.5, 0.6) is 0 Å². The predicted octanol–water partition coefficient (Wildman–Crippen LogP) is -0.121. The molecule has 22 heavy (non-hydrogen) atoms. The zero-order valence-electron chi connectivity index (χ0n) is 12.4. The summed E-state index contributed by atoms with van der Waals surface area (Å²) in [5.74, 6) is 0.171. The third-order valence-electron chi connectivity index (χ3n) is 4.18. The first-order chi connectivity index (χ1) is 10.3. The van der Waals surface area contributed by atoms with E-state index in [1.807, 2.05) is 0 Å². The fraction of sp³-hybridized carbons (Fsp3) is 0.500. The fourth-order valence-corrected chi connectivity index (χ4v) is 4.22. The zero-order valence-corrected chi connectivity index (χ0v) is 13.3. The standard InChI is InChI=1S/C14H17N3O4S/c1-9-15-12-7-17(6-11(12)14(19)16(9)2)13(18)5-10-3-4-22(20,21)8-10/h3-4,10H,5-8H2,1-2H3/t10-/m0/s1. The largest absolute Gasteiger partial charge is 0.332 e. The summed E-state index contributed by atoms with van der Waals surface area (Å²) < 4.78 is 24.2. The molecule has 0 saturated heterocycles. The molecule has 1 aromatic rings. The molecule has 0 fully saturated rings. The Morgan fingerprint density at radius 1 is 1.41 bits per heavy atom. The average Bonchev–Trinajstić information content (AvgIpc) is 3.00. The molecule has 3 heterocycles. The molecular weight excluding hydrogens is 306 g/mol. The van der Waals surface area contributed by atoms with Crippen LogP contribution in [0.15, 0.2) is 16.3 Å². The number of rotatable bonds is 2. The van der Waals surface area contributed by atoms with E-state index in [0.717, 1.165) is 0 Å². The van der Waals surface area contributed by atoms with Crippen molar-refractivity contribution in [2.45, 2.75) is 26.4 Å². The molecule has 0 aromatic carbocycles. The molecule has 0 aliphatic carbocycles. The van der Waals surface area contributed by atoms with Crippen LogP contribution in [0.4, 0.5) is 0 Å². The maximum Gasteiger partial charge on any atom is 0.258 e. The number of carbonyl (C=O) groups is 1.